The van der Waals surface area contributed by atoms with Crippen LogP contribution in [0.1, 0.15) is 162 Å². The number of unbranched alkanes of at least 4 members (excludes halogenated alkanes) is 17. The van der Waals surface area contributed by atoms with E-state index in [-0.39, 0.29) is 11.9 Å². The number of carbonyl (C=O) groups excluding carboxylic acids is 1. The maximum atomic E-state index is 12.4. The van der Waals surface area contributed by atoms with Crippen molar-refractivity contribution in [3.8, 4) is 0 Å². The van der Waals surface area contributed by atoms with E-state index in [4.69, 9.17) is 4.74 Å². The summed E-state index contributed by atoms with van der Waals surface area (Å²) in [5.74, 6) is 0.227. The summed E-state index contributed by atoms with van der Waals surface area (Å²) in [5, 5.41) is 0. The highest BCUT2D eigenvalue weighted by Gasteiger charge is 2.19. The molecule has 0 aromatic carbocycles. The van der Waals surface area contributed by atoms with Gasteiger partial charge in [0.1, 0.15) is 0 Å². The molecule has 2 nitrogen and oxygen atoms in total. The van der Waals surface area contributed by atoms with Crippen LogP contribution in [0.3, 0.4) is 0 Å². The van der Waals surface area contributed by atoms with Crippen LogP contribution in [0.4, 0.5) is 0 Å². The van der Waals surface area contributed by atoms with Crippen LogP contribution in [0.25, 0.3) is 0 Å². The van der Waals surface area contributed by atoms with Gasteiger partial charge in [0.25, 0.3) is 0 Å². The Morgan fingerprint density at radius 1 is 0.500 bits per heavy atom. The average molecular weight is 425 g/mol. The van der Waals surface area contributed by atoms with E-state index < -0.39 is 0 Å². The number of hydrogen-bond donors (Lipinski definition) is 0. The van der Waals surface area contributed by atoms with Gasteiger partial charge >= 0.3 is 5.97 Å². The van der Waals surface area contributed by atoms with Crippen LogP contribution in [-0.2, 0) is 9.53 Å². The molecule has 0 aromatic rings. The SMILES string of the molecule is CCCCCCCCCCCCCCCCC(CCCCCC)C(=O)OCCCC. The maximum Gasteiger partial charge on any atom is 0.308 e. The number of esters is 1. The lowest BCUT2D eigenvalue weighted by Crippen LogP contribution is -2.18. The van der Waals surface area contributed by atoms with Gasteiger partial charge in [0.15, 0.2) is 0 Å². The molecule has 0 aliphatic heterocycles. The lowest BCUT2D eigenvalue weighted by Gasteiger charge is -2.16. The lowest BCUT2D eigenvalue weighted by atomic mass is 9.94. The largest absolute Gasteiger partial charge is 0.465 e. The van der Waals surface area contributed by atoms with Crippen molar-refractivity contribution in [2.24, 2.45) is 5.92 Å². The van der Waals surface area contributed by atoms with Crippen LogP contribution in [0.15, 0.2) is 0 Å². The highest BCUT2D eigenvalue weighted by atomic mass is 16.5. The lowest BCUT2D eigenvalue weighted by molar-refractivity contribution is -0.149. The molecule has 0 aliphatic carbocycles. The third-order valence-electron chi connectivity index (χ3n) is 6.39. The van der Waals surface area contributed by atoms with Crippen LogP contribution in [-0.4, -0.2) is 12.6 Å². The molecule has 0 fully saturated rings. The monoisotopic (exact) mass is 424 g/mol. The molecule has 0 aromatic heterocycles. The predicted molar refractivity (Wildman–Crippen MR) is 133 cm³/mol. The minimum atomic E-state index is 0.0784. The van der Waals surface area contributed by atoms with Gasteiger partial charge in [-0.25, -0.2) is 0 Å². The summed E-state index contributed by atoms with van der Waals surface area (Å²) in [6, 6.07) is 0. The third kappa shape index (κ3) is 20.7. The normalized spacial score (nSPS) is 12.2. The summed E-state index contributed by atoms with van der Waals surface area (Å²) in [4.78, 5) is 12.4. The summed E-state index contributed by atoms with van der Waals surface area (Å²) >= 11 is 0. The van der Waals surface area contributed by atoms with E-state index >= 15 is 0 Å². The minimum Gasteiger partial charge on any atom is -0.465 e. The Balaban J connectivity index is 3.67. The van der Waals surface area contributed by atoms with Crippen molar-refractivity contribution in [3.05, 3.63) is 0 Å². The first-order valence-corrected chi connectivity index (χ1v) is 13.9. The van der Waals surface area contributed by atoms with Crippen LogP contribution < -0.4 is 0 Å². The second kappa shape index (κ2) is 24.7. The number of hydrogen-bond acceptors (Lipinski definition) is 2. The van der Waals surface area contributed by atoms with E-state index in [9.17, 15) is 4.79 Å². The van der Waals surface area contributed by atoms with Crippen molar-refractivity contribution < 1.29 is 9.53 Å². The van der Waals surface area contributed by atoms with Crippen molar-refractivity contribution in [1.29, 1.82) is 0 Å². The van der Waals surface area contributed by atoms with Gasteiger partial charge in [-0.05, 0) is 19.3 Å². The first kappa shape index (κ1) is 29.5. The van der Waals surface area contributed by atoms with E-state index in [1.54, 1.807) is 0 Å². The van der Waals surface area contributed by atoms with E-state index in [1.807, 2.05) is 0 Å². The van der Waals surface area contributed by atoms with E-state index in [0.29, 0.717) is 6.61 Å². The van der Waals surface area contributed by atoms with Crippen molar-refractivity contribution >= 4 is 5.97 Å². The van der Waals surface area contributed by atoms with E-state index in [2.05, 4.69) is 20.8 Å². The standard InChI is InChI=1S/C28H56O2/c1-4-7-10-12-13-14-15-16-17-18-19-20-21-23-25-27(24-22-11-8-5-2)28(29)30-26-9-6-3/h27H,4-26H2,1-3H3. The zero-order valence-electron chi connectivity index (χ0n) is 21.2. The minimum absolute atomic E-state index is 0.0784. The molecule has 0 bridgehead atoms. The van der Waals surface area contributed by atoms with Crippen molar-refractivity contribution in [2.75, 3.05) is 6.61 Å². The zero-order valence-corrected chi connectivity index (χ0v) is 21.2. The molecule has 0 radical (unpaired) electrons. The summed E-state index contributed by atoms with van der Waals surface area (Å²) in [6.07, 6.45) is 28.5. The first-order chi connectivity index (χ1) is 14.8. The van der Waals surface area contributed by atoms with Gasteiger partial charge in [-0.2, -0.15) is 0 Å². The quantitative estimate of drug-likeness (QED) is 0.114. The predicted octanol–water partition coefficient (Wildman–Crippen LogP) is 9.79. The van der Waals surface area contributed by atoms with Gasteiger partial charge in [-0.1, -0.05) is 143 Å². The molecular formula is C28H56O2. The Morgan fingerprint density at radius 3 is 1.23 bits per heavy atom. The summed E-state index contributed by atoms with van der Waals surface area (Å²) in [5.41, 5.74) is 0. The molecule has 0 saturated carbocycles. The molecule has 0 N–H and O–H groups in total. The molecule has 2 heteroatoms. The van der Waals surface area contributed by atoms with E-state index in [1.165, 1.54) is 116 Å². The molecule has 0 saturated heterocycles. The summed E-state index contributed by atoms with van der Waals surface area (Å²) < 4.78 is 5.53. The number of ether oxygens (including phenoxy) is 1. The molecule has 1 atom stereocenters. The Labute approximate surface area is 190 Å². The Bertz CT molecular complexity index is 340. The fraction of sp³-hybridized carbons (Fsp3) is 0.964. The maximum absolute atomic E-state index is 12.4. The molecule has 0 aliphatic rings. The summed E-state index contributed by atoms with van der Waals surface area (Å²) in [6.45, 7) is 7.28. The molecule has 30 heavy (non-hydrogen) atoms. The summed E-state index contributed by atoms with van der Waals surface area (Å²) in [7, 11) is 0. The van der Waals surface area contributed by atoms with Crippen LogP contribution in [0, 0.1) is 5.92 Å². The zero-order chi connectivity index (χ0) is 22.1. The molecule has 1 unspecified atom stereocenters. The van der Waals surface area contributed by atoms with Crippen LogP contribution in [0.2, 0.25) is 0 Å². The Kier molecular flexibility index (Phi) is 24.3. The van der Waals surface area contributed by atoms with Gasteiger partial charge in [-0.3, -0.25) is 4.79 Å². The molecule has 0 heterocycles. The Hall–Kier alpha value is -0.530. The van der Waals surface area contributed by atoms with Crippen molar-refractivity contribution in [2.45, 2.75) is 162 Å². The van der Waals surface area contributed by atoms with Gasteiger partial charge < -0.3 is 4.74 Å². The molecule has 0 amide bonds. The van der Waals surface area contributed by atoms with E-state index in [0.717, 1.165) is 25.7 Å². The molecule has 0 rings (SSSR count). The Morgan fingerprint density at radius 2 is 0.833 bits per heavy atom. The van der Waals surface area contributed by atoms with Gasteiger partial charge in [0.05, 0.1) is 12.5 Å². The fourth-order valence-electron chi connectivity index (χ4n) is 4.22. The highest BCUT2D eigenvalue weighted by Crippen LogP contribution is 2.21. The average Bonchev–Trinajstić information content (AvgIpc) is 2.75. The van der Waals surface area contributed by atoms with Gasteiger partial charge in [0.2, 0.25) is 0 Å². The first-order valence-electron chi connectivity index (χ1n) is 13.9. The number of rotatable bonds is 24. The highest BCUT2D eigenvalue weighted by molar-refractivity contribution is 5.72. The van der Waals surface area contributed by atoms with Crippen molar-refractivity contribution in [3.63, 3.8) is 0 Å². The van der Waals surface area contributed by atoms with Gasteiger partial charge in [-0.15, -0.1) is 0 Å². The fourth-order valence-corrected chi connectivity index (χ4v) is 4.22. The topological polar surface area (TPSA) is 26.3 Å². The van der Waals surface area contributed by atoms with Crippen LogP contribution in [0.5, 0.6) is 0 Å². The van der Waals surface area contributed by atoms with Crippen molar-refractivity contribution in [1.82, 2.24) is 0 Å². The second-order valence-electron chi connectivity index (χ2n) is 9.45. The molecular weight excluding hydrogens is 368 g/mol. The van der Waals surface area contributed by atoms with Gasteiger partial charge in [0, 0.05) is 0 Å². The smallest absolute Gasteiger partial charge is 0.308 e. The third-order valence-corrected chi connectivity index (χ3v) is 6.39. The van der Waals surface area contributed by atoms with Crippen LogP contribution >= 0.6 is 0 Å². The molecule has 0 spiro atoms. The number of carbonyl (C=O) groups is 1. The molecule has 180 valence electrons. The second-order valence-corrected chi connectivity index (χ2v) is 9.45.